The summed E-state index contributed by atoms with van der Waals surface area (Å²) < 4.78 is 6.43. The Morgan fingerprint density at radius 3 is 2.92 bits per heavy atom. The summed E-state index contributed by atoms with van der Waals surface area (Å²) in [5.74, 6) is -0.639. The molecule has 0 radical (unpaired) electrons. The minimum absolute atomic E-state index is 0.0111. The van der Waals surface area contributed by atoms with E-state index in [-0.39, 0.29) is 5.82 Å². The van der Waals surface area contributed by atoms with Crippen molar-refractivity contribution in [1.82, 2.24) is 24.6 Å². The van der Waals surface area contributed by atoms with Crippen molar-refractivity contribution in [1.29, 1.82) is 0 Å². The highest BCUT2D eigenvalue weighted by Crippen LogP contribution is 2.16. The van der Waals surface area contributed by atoms with Crippen molar-refractivity contribution in [3.63, 3.8) is 0 Å². The third-order valence-corrected chi connectivity index (χ3v) is 3.50. The number of nitrogens with zero attached hydrogens (tertiary/aromatic N) is 4. The van der Waals surface area contributed by atoms with Gasteiger partial charge in [-0.15, -0.1) is 5.10 Å². The molecule has 4 rings (SSSR count). The average Bonchev–Trinajstić information content (AvgIpc) is 3.09. The summed E-state index contributed by atoms with van der Waals surface area (Å²) in [6.07, 6.45) is 0. The number of H-pyrrole nitrogens is 1. The topological polar surface area (TPSA) is 118 Å². The van der Waals surface area contributed by atoms with E-state index in [2.05, 4.69) is 25.4 Å². The highest BCUT2D eigenvalue weighted by molar-refractivity contribution is 6.02. The molecule has 0 aliphatic rings. The monoisotopic (exact) mass is 324 g/mol. The number of benzene rings is 1. The van der Waals surface area contributed by atoms with Crippen LogP contribution in [0.15, 0.2) is 33.5 Å². The second kappa shape index (κ2) is 5.01. The van der Waals surface area contributed by atoms with Gasteiger partial charge in [-0.1, -0.05) is 0 Å². The molecule has 120 valence electrons. The third-order valence-electron chi connectivity index (χ3n) is 3.50. The molecule has 3 aromatic heterocycles. The van der Waals surface area contributed by atoms with Crippen LogP contribution in [0.5, 0.6) is 0 Å². The van der Waals surface area contributed by atoms with Crippen molar-refractivity contribution in [2.45, 2.75) is 13.8 Å². The fourth-order valence-electron chi connectivity index (χ4n) is 2.48. The van der Waals surface area contributed by atoms with E-state index in [1.807, 2.05) is 19.9 Å². The molecule has 9 nitrogen and oxygen atoms in total. The molecular formula is C15H12N6O3. The molecule has 9 heteroatoms. The van der Waals surface area contributed by atoms with Gasteiger partial charge >= 0.3 is 5.76 Å². The molecule has 0 aliphatic carbocycles. The Labute approximate surface area is 134 Å². The third kappa shape index (κ3) is 2.32. The first-order valence-electron chi connectivity index (χ1n) is 7.15. The Hall–Kier alpha value is -3.49. The Balaban J connectivity index is 1.67. The van der Waals surface area contributed by atoms with Crippen LogP contribution in [0.4, 0.5) is 5.69 Å². The standard InChI is InChI=1S/C15H12N6O3/c1-7-5-8(2)21-14(16-7)19-12(20-21)13(22)17-9-3-4-11-10(6-9)18-15(23)24-11/h3-6H,1-2H3,(H,17,22)(H,18,23). The van der Waals surface area contributed by atoms with Gasteiger partial charge in [0.25, 0.3) is 11.7 Å². The van der Waals surface area contributed by atoms with Crippen molar-refractivity contribution in [2.24, 2.45) is 0 Å². The van der Waals surface area contributed by atoms with E-state index >= 15 is 0 Å². The number of carbonyl (C=O) groups is 1. The summed E-state index contributed by atoms with van der Waals surface area (Å²) in [6.45, 7) is 3.71. The van der Waals surface area contributed by atoms with Gasteiger partial charge in [-0.25, -0.2) is 14.3 Å². The maximum atomic E-state index is 12.3. The largest absolute Gasteiger partial charge is 0.417 e. The smallest absolute Gasteiger partial charge is 0.408 e. The zero-order valence-corrected chi connectivity index (χ0v) is 12.8. The number of aromatic amines is 1. The lowest BCUT2D eigenvalue weighted by atomic mass is 10.3. The van der Waals surface area contributed by atoms with Gasteiger partial charge in [0.2, 0.25) is 5.82 Å². The van der Waals surface area contributed by atoms with Crippen LogP contribution in [-0.4, -0.2) is 30.5 Å². The highest BCUT2D eigenvalue weighted by atomic mass is 16.4. The fraction of sp³-hybridized carbons (Fsp3) is 0.133. The van der Waals surface area contributed by atoms with E-state index in [0.29, 0.717) is 22.6 Å². The van der Waals surface area contributed by atoms with Crippen molar-refractivity contribution in [3.8, 4) is 0 Å². The highest BCUT2D eigenvalue weighted by Gasteiger charge is 2.15. The van der Waals surface area contributed by atoms with Crippen molar-refractivity contribution >= 4 is 28.5 Å². The molecular weight excluding hydrogens is 312 g/mol. The van der Waals surface area contributed by atoms with Crippen molar-refractivity contribution < 1.29 is 9.21 Å². The predicted octanol–water partition coefficient (Wildman–Crippen LogP) is 1.43. The van der Waals surface area contributed by atoms with Gasteiger partial charge in [0, 0.05) is 17.1 Å². The summed E-state index contributed by atoms with van der Waals surface area (Å²) in [4.78, 5) is 34.4. The summed E-state index contributed by atoms with van der Waals surface area (Å²) >= 11 is 0. The van der Waals surface area contributed by atoms with Crippen LogP contribution in [0.1, 0.15) is 22.0 Å². The van der Waals surface area contributed by atoms with Gasteiger partial charge in [-0.2, -0.15) is 4.98 Å². The molecule has 3 heterocycles. The first-order valence-corrected chi connectivity index (χ1v) is 7.15. The average molecular weight is 324 g/mol. The molecule has 0 bridgehead atoms. The van der Waals surface area contributed by atoms with E-state index in [4.69, 9.17) is 4.42 Å². The van der Waals surface area contributed by atoms with Crippen molar-refractivity contribution in [2.75, 3.05) is 5.32 Å². The molecule has 0 fully saturated rings. The molecule has 1 amide bonds. The number of hydrogen-bond donors (Lipinski definition) is 2. The lowest BCUT2D eigenvalue weighted by Crippen LogP contribution is -2.14. The second-order valence-electron chi connectivity index (χ2n) is 5.37. The quantitative estimate of drug-likeness (QED) is 0.576. The summed E-state index contributed by atoms with van der Waals surface area (Å²) in [5.41, 5.74) is 3.03. The van der Waals surface area contributed by atoms with Gasteiger partial charge in [0.1, 0.15) is 0 Å². The number of nitrogens with one attached hydrogen (secondary N) is 2. The number of oxazole rings is 1. The van der Waals surface area contributed by atoms with E-state index < -0.39 is 11.7 Å². The van der Waals surface area contributed by atoms with Crippen LogP contribution in [-0.2, 0) is 0 Å². The Morgan fingerprint density at radius 1 is 1.25 bits per heavy atom. The lowest BCUT2D eigenvalue weighted by Gasteiger charge is -2.01. The van der Waals surface area contributed by atoms with Crippen LogP contribution in [0.2, 0.25) is 0 Å². The number of aryl methyl sites for hydroxylation is 2. The molecule has 0 saturated heterocycles. The predicted molar refractivity (Wildman–Crippen MR) is 85.0 cm³/mol. The fourth-order valence-corrected chi connectivity index (χ4v) is 2.48. The number of anilines is 1. The molecule has 24 heavy (non-hydrogen) atoms. The van der Waals surface area contributed by atoms with Gasteiger partial charge in [0.05, 0.1) is 5.52 Å². The number of carbonyl (C=O) groups excluding carboxylic acids is 1. The first kappa shape index (κ1) is 14.1. The molecule has 0 unspecified atom stereocenters. The van der Waals surface area contributed by atoms with Crippen LogP contribution < -0.4 is 11.1 Å². The van der Waals surface area contributed by atoms with Crippen LogP contribution >= 0.6 is 0 Å². The molecule has 4 aromatic rings. The Kier molecular flexibility index (Phi) is 2.95. The number of aromatic nitrogens is 5. The van der Waals surface area contributed by atoms with Crippen LogP contribution in [0, 0.1) is 13.8 Å². The van der Waals surface area contributed by atoms with E-state index in [1.54, 1.807) is 18.2 Å². The zero-order valence-electron chi connectivity index (χ0n) is 12.8. The van der Waals surface area contributed by atoms with Gasteiger partial charge in [0.15, 0.2) is 5.58 Å². The Morgan fingerprint density at radius 2 is 2.08 bits per heavy atom. The van der Waals surface area contributed by atoms with E-state index in [0.717, 1.165) is 11.4 Å². The van der Waals surface area contributed by atoms with Gasteiger partial charge in [-0.05, 0) is 38.1 Å². The Bertz CT molecular complexity index is 1150. The van der Waals surface area contributed by atoms with Gasteiger partial charge in [-0.3, -0.25) is 9.78 Å². The summed E-state index contributed by atoms with van der Waals surface area (Å²) in [7, 11) is 0. The minimum atomic E-state index is -0.549. The number of amides is 1. The molecule has 0 atom stereocenters. The maximum Gasteiger partial charge on any atom is 0.417 e. The molecule has 0 spiro atoms. The first-order chi connectivity index (χ1) is 11.5. The van der Waals surface area contributed by atoms with Crippen LogP contribution in [0.3, 0.4) is 0 Å². The summed E-state index contributed by atoms with van der Waals surface area (Å²) in [5, 5.41) is 6.86. The number of rotatable bonds is 2. The van der Waals surface area contributed by atoms with E-state index in [9.17, 15) is 9.59 Å². The minimum Gasteiger partial charge on any atom is -0.408 e. The maximum absolute atomic E-state index is 12.3. The number of fused-ring (bicyclic) bond motifs is 2. The second-order valence-corrected chi connectivity index (χ2v) is 5.37. The normalized spacial score (nSPS) is 11.2. The van der Waals surface area contributed by atoms with Gasteiger partial charge < -0.3 is 9.73 Å². The van der Waals surface area contributed by atoms with Crippen molar-refractivity contribution in [3.05, 3.63) is 52.0 Å². The van der Waals surface area contributed by atoms with E-state index in [1.165, 1.54) is 4.52 Å². The van der Waals surface area contributed by atoms with Crippen LogP contribution in [0.25, 0.3) is 16.9 Å². The molecule has 0 saturated carbocycles. The SMILES string of the molecule is Cc1cc(C)n2nc(C(=O)Nc3ccc4oc(=O)[nH]c4c3)nc2n1. The molecule has 2 N–H and O–H groups in total. The molecule has 1 aromatic carbocycles. The number of hydrogen-bond acceptors (Lipinski definition) is 6. The summed E-state index contributed by atoms with van der Waals surface area (Å²) in [6, 6.07) is 6.67. The zero-order chi connectivity index (χ0) is 16.8. The lowest BCUT2D eigenvalue weighted by molar-refractivity contribution is 0.101. The molecule has 0 aliphatic heterocycles.